The third-order valence-electron chi connectivity index (χ3n) is 5.48. The van der Waals surface area contributed by atoms with Gasteiger partial charge in [-0.15, -0.1) is 0 Å². The van der Waals surface area contributed by atoms with Crippen LogP contribution in [-0.4, -0.2) is 11.5 Å². The number of fused-ring (bicyclic) bond motifs is 1. The highest BCUT2D eigenvalue weighted by Crippen LogP contribution is 2.49. The van der Waals surface area contributed by atoms with Crippen molar-refractivity contribution in [2.75, 3.05) is 4.90 Å². The summed E-state index contributed by atoms with van der Waals surface area (Å²) in [4.78, 5) is 15.9. The maximum Gasteiger partial charge on any atom is 0.317 e. The molecule has 1 aliphatic heterocycles. The summed E-state index contributed by atoms with van der Waals surface area (Å²) >= 11 is 8.17. The zero-order chi connectivity index (χ0) is 22.7. The smallest absolute Gasteiger partial charge is 0.317 e. The first-order chi connectivity index (χ1) is 15.5. The van der Waals surface area contributed by atoms with Crippen molar-refractivity contribution in [3.63, 3.8) is 0 Å². The Morgan fingerprint density at radius 2 is 1.84 bits per heavy atom. The first kappa shape index (κ1) is 22.5. The molecule has 1 atom stereocenters. The van der Waals surface area contributed by atoms with Crippen LogP contribution in [0.2, 0.25) is 5.02 Å². The fourth-order valence-electron chi connectivity index (χ4n) is 3.75. The molecule has 0 saturated carbocycles. The lowest BCUT2D eigenvalue weighted by Gasteiger charge is -2.30. The number of nitrogens with one attached hydrogen (secondary N) is 2. The van der Waals surface area contributed by atoms with E-state index in [1.807, 2.05) is 42.5 Å². The van der Waals surface area contributed by atoms with Gasteiger partial charge in [-0.2, -0.15) is 0 Å². The topological polar surface area (TPSA) is 70.4 Å². The predicted octanol–water partition coefficient (Wildman–Crippen LogP) is 5.95. The minimum atomic E-state index is -0.346. The number of hydrogen-bond acceptors (Lipinski definition) is 4. The number of halogens is 1. The molecule has 1 aliphatic rings. The highest BCUT2D eigenvalue weighted by atomic mass is 35.5. The Balaban J connectivity index is 1.52. The Morgan fingerprint density at radius 3 is 2.56 bits per heavy atom. The molecule has 0 fully saturated rings. The van der Waals surface area contributed by atoms with Crippen LogP contribution in [0.5, 0.6) is 0 Å². The summed E-state index contributed by atoms with van der Waals surface area (Å²) in [5.41, 5.74) is 10.7. The number of carbonyl (C=O) groups excluding carboxylic acids is 1. The Kier molecular flexibility index (Phi) is 6.94. The van der Waals surface area contributed by atoms with E-state index in [9.17, 15) is 4.79 Å². The number of urea groups is 1. The maximum atomic E-state index is 12.8. The van der Waals surface area contributed by atoms with E-state index in [0.29, 0.717) is 24.0 Å². The second-order valence-corrected chi connectivity index (χ2v) is 9.51. The molecule has 0 bridgehead atoms. The van der Waals surface area contributed by atoms with Crippen molar-refractivity contribution < 1.29 is 4.79 Å². The van der Waals surface area contributed by atoms with Crippen LogP contribution in [-0.2, 0) is 13.1 Å². The van der Waals surface area contributed by atoms with Gasteiger partial charge in [0.1, 0.15) is 0 Å². The van der Waals surface area contributed by atoms with Gasteiger partial charge in [-0.3, -0.25) is 0 Å². The number of amides is 2. The van der Waals surface area contributed by atoms with E-state index in [0.717, 1.165) is 27.4 Å². The zero-order valence-corrected chi connectivity index (χ0v) is 19.7. The first-order valence-corrected chi connectivity index (χ1v) is 11.9. The van der Waals surface area contributed by atoms with Gasteiger partial charge in [-0.1, -0.05) is 85.7 Å². The third-order valence-corrected chi connectivity index (χ3v) is 6.94. The van der Waals surface area contributed by atoms with Gasteiger partial charge in [-0.25, -0.2) is 4.79 Å². The van der Waals surface area contributed by atoms with E-state index in [1.54, 1.807) is 11.8 Å². The molecule has 0 spiro atoms. The Morgan fingerprint density at radius 1 is 1.09 bits per heavy atom. The average Bonchev–Trinajstić information content (AvgIpc) is 3.15. The lowest BCUT2D eigenvalue weighted by molar-refractivity contribution is 0.240. The van der Waals surface area contributed by atoms with E-state index < -0.39 is 0 Å². The van der Waals surface area contributed by atoms with Crippen LogP contribution >= 0.6 is 23.4 Å². The molecule has 4 N–H and O–H groups in total. The number of carbonyl (C=O) groups is 1. The number of benzene rings is 3. The normalized spacial score (nSPS) is 15.0. The average molecular weight is 467 g/mol. The number of para-hydroxylation sites is 2. The van der Waals surface area contributed by atoms with Crippen LogP contribution < -0.4 is 21.3 Å². The maximum absolute atomic E-state index is 12.8. The molecule has 5 nitrogen and oxygen atoms in total. The van der Waals surface area contributed by atoms with Crippen molar-refractivity contribution in [2.24, 2.45) is 5.73 Å². The number of thioether (sulfide) groups is 1. The molecular formula is C25H27ClN4OS. The molecule has 32 heavy (non-hydrogen) atoms. The van der Waals surface area contributed by atoms with E-state index in [1.165, 1.54) is 5.56 Å². The van der Waals surface area contributed by atoms with Crippen LogP contribution in [0, 0.1) is 0 Å². The van der Waals surface area contributed by atoms with Crippen molar-refractivity contribution in [1.82, 2.24) is 10.6 Å². The van der Waals surface area contributed by atoms with Gasteiger partial charge in [0.05, 0.1) is 16.4 Å². The summed E-state index contributed by atoms with van der Waals surface area (Å²) in [6.45, 7) is 5.14. The second kappa shape index (κ2) is 9.86. The van der Waals surface area contributed by atoms with E-state index >= 15 is 0 Å². The summed E-state index contributed by atoms with van der Waals surface area (Å²) in [6.07, 6.45) is 0. The molecule has 0 radical (unpaired) electrons. The van der Waals surface area contributed by atoms with Gasteiger partial charge < -0.3 is 21.3 Å². The van der Waals surface area contributed by atoms with Gasteiger partial charge >= 0.3 is 6.03 Å². The van der Waals surface area contributed by atoms with Gasteiger partial charge in [-0.05, 0) is 40.8 Å². The number of rotatable bonds is 6. The van der Waals surface area contributed by atoms with Crippen LogP contribution in [0.1, 0.15) is 36.5 Å². The molecular weight excluding hydrogens is 440 g/mol. The fraction of sp³-hybridized carbons (Fsp3) is 0.240. The monoisotopic (exact) mass is 466 g/mol. The third kappa shape index (κ3) is 4.72. The minimum absolute atomic E-state index is 0.241. The van der Waals surface area contributed by atoms with Crippen molar-refractivity contribution in [2.45, 2.75) is 43.2 Å². The number of anilines is 2. The SMILES string of the molecule is CC(C)c1ccc(CNC(=O)NC2Sc3ccccc3N2c2c(Cl)cccc2CN)cc1. The summed E-state index contributed by atoms with van der Waals surface area (Å²) in [5, 5.41) is 6.66. The molecule has 0 saturated heterocycles. The summed E-state index contributed by atoms with van der Waals surface area (Å²) < 4.78 is 0. The molecule has 2 amide bonds. The lowest BCUT2D eigenvalue weighted by Crippen LogP contribution is -2.46. The molecule has 1 heterocycles. The molecule has 1 unspecified atom stereocenters. The van der Waals surface area contributed by atoms with Gasteiger partial charge in [0.2, 0.25) is 0 Å². The molecule has 0 aliphatic carbocycles. The largest absolute Gasteiger partial charge is 0.334 e. The summed E-state index contributed by atoms with van der Waals surface area (Å²) in [5.74, 6) is 0.482. The highest BCUT2D eigenvalue weighted by Gasteiger charge is 2.34. The quantitative estimate of drug-likeness (QED) is 0.420. The summed E-state index contributed by atoms with van der Waals surface area (Å²) in [7, 11) is 0. The highest BCUT2D eigenvalue weighted by molar-refractivity contribution is 8.00. The Labute approximate surface area is 198 Å². The van der Waals surface area contributed by atoms with E-state index in [-0.39, 0.29) is 11.5 Å². The lowest BCUT2D eigenvalue weighted by atomic mass is 10.0. The molecule has 7 heteroatoms. The minimum Gasteiger partial charge on any atom is -0.334 e. The number of hydrogen-bond donors (Lipinski definition) is 3. The van der Waals surface area contributed by atoms with E-state index in [2.05, 4.69) is 53.6 Å². The molecule has 0 aromatic heterocycles. The molecule has 166 valence electrons. The van der Waals surface area contributed by atoms with Gasteiger partial charge in [0, 0.05) is 18.0 Å². The van der Waals surface area contributed by atoms with Crippen molar-refractivity contribution in [3.8, 4) is 0 Å². The standard InChI is InChI=1S/C25H27ClN4OS/c1-16(2)18-12-10-17(11-13-18)15-28-24(31)29-25-30(21-8-3-4-9-22(21)32-25)23-19(14-27)6-5-7-20(23)26/h3-13,16,25H,14-15,27H2,1-2H3,(H2,28,29,31). The van der Waals surface area contributed by atoms with Crippen LogP contribution in [0.4, 0.5) is 16.2 Å². The number of nitrogens with zero attached hydrogens (tertiary/aromatic N) is 1. The Bertz CT molecular complexity index is 1100. The van der Waals surface area contributed by atoms with Crippen LogP contribution in [0.25, 0.3) is 0 Å². The van der Waals surface area contributed by atoms with Crippen molar-refractivity contribution in [3.05, 3.63) is 88.4 Å². The summed E-state index contributed by atoms with van der Waals surface area (Å²) in [6, 6.07) is 21.8. The Hall–Kier alpha value is -2.67. The number of nitrogens with two attached hydrogens (primary N) is 1. The predicted molar refractivity (Wildman–Crippen MR) is 133 cm³/mol. The van der Waals surface area contributed by atoms with Gasteiger partial charge in [0.15, 0.2) is 5.50 Å². The molecule has 3 aromatic carbocycles. The van der Waals surface area contributed by atoms with Crippen molar-refractivity contribution >= 4 is 40.8 Å². The van der Waals surface area contributed by atoms with Crippen LogP contribution in [0.3, 0.4) is 0 Å². The zero-order valence-electron chi connectivity index (χ0n) is 18.1. The van der Waals surface area contributed by atoms with Crippen molar-refractivity contribution in [1.29, 1.82) is 0 Å². The van der Waals surface area contributed by atoms with Crippen LogP contribution in [0.15, 0.2) is 71.6 Å². The van der Waals surface area contributed by atoms with E-state index in [4.69, 9.17) is 17.3 Å². The molecule has 3 aromatic rings. The molecule has 4 rings (SSSR count). The van der Waals surface area contributed by atoms with Gasteiger partial charge in [0.25, 0.3) is 0 Å². The fourth-order valence-corrected chi connectivity index (χ4v) is 5.21. The first-order valence-electron chi connectivity index (χ1n) is 10.6. The second-order valence-electron chi connectivity index (χ2n) is 7.98.